The molecule has 1 aromatic rings. The molecule has 3 aliphatic rings. The lowest BCUT2D eigenvalue weighted by Gasteiger charge is -2.34. The fraction of sp³-hybridized carbons (Fsp3) is 0.389. The number of hydrogen-bond acceptors (Lipinski definition) is 3. The fourth-order valence-electron chi connectivity index (χ4n) is 3.93. The zero-order chi connectivity index (χ0) is 18.7. The number of alkyl halides is 3. The Morgan fingerprint density at radius 2 is 2.00 bits per heavy atom. The second-order valence-corrected chi connectivity index (χ2v) is 6.63. The van der Waals surface area contributed by atoms with Crippen molar-refractivity contribution in [3.63, 3.8) is 0 Å². The minimum absolute atomic E-state index is 0.0436. The van der Waals surface area contributed by atoms with Crippen molar-refractivity contribution < 1.29 is 26.7 Å². The van der Waals surface area contributed by atoms with E-state index >= 15 is 0 Å². The minimum Gasteiger partial charge on any atom is -0.494 e. The van der Waals surface area contributed by atoms with E-state index in [0.29, 0.717) is 36.5 Å². The van der Waals surface area contributed by atoms with Crippen LogP contribution in [-0.2, 0) is 12.0 Å². The number of allylic oxidation sites excluding steroid dienone is 2. The van der Waals surface area contributed by atoms with Crippen molar-refractivity contribution in [1.29, 1.82) is 0 Å². The van der Waals surface area contributed by atoms with Crippen LogP contribution in [0, 0.1) is 5.82 Å². The Labute approximate surface area is 146 Å². The third-order valence-corrected chi connectivity index (χ3v) is 5.09. The van der Waals surface area contributed by atoms with Gasteiger partial charge in [0.1, 0.15) is 5.54 Å². The third kappa shape index (κ3) is 2.42. The second kappa shape index (κ2) is 5.56. The number of methoxy groups -OCH3 is 1. The van der Waals surface area contributed by atoms with Gasteiger partial charge in [-0.15, -0.1) is 0 Å². The summed E-state index contributed by atoms with van der Waals surface area (Å²) in [5.74, 6) is -1.55. The van der Waals surface area contributed by atoms with Gasteiger partial charge in [-0.1, -0.05) is 6.07 Å². The average Bonchev–Trinajstić information content (AvgIpc) is 2.95. The predicted octanol–water partition coefficient (Wildman–Crippen LogP) is 4.39. The molecule has 0 saturated carbocycles. The monoisotopic (exact) mass is 370 g/mol. The van der Waals surface area contributed by atoms with Crippen LogP contribution >= 0.6 is 0 Å². The van der Waals surface area contributed by atoms with Gasteiger partial charge >= 0.3 is 6.18 Å². The summed E-state index contributed by atoms with van der Waals surface area (Å²) in [6.07, 6.45) is -1.75. The largest absolute Gasteiger partial charge is 0.494 e. The van der Waals surface area contributed by atoms with Gasteiger partial charge in [0.25, 0.3) is 0 Å². The fourth-order valence-corrected chi connectivity index (χ4v) is 3.93. The number of fused-ring (bicyclic) bond motifs is 3. The van der Waals surface area contributed by atoms with Crippen molar-refractivity contribution in [1.82, 2.24) is 4.90 Å². The molecule has 2 aliphatic heterocycles. The number of rotatable bonds is 1. The number of hydrogen-bond donors (Lipinski definition) is 0. The van der Waals surface area contributed by atoms with E-state index in [9.17, 15) is 22.0 Å². The van der Waals surface area contributed by atoms with E-state index in [1.165, 1.54) is 18.1 Å². The van der Waals surface area contributed by atoms with E-state index in [1.54, 1.807) is 6.07 Å². The zero-order valence-corrected chi connectivity index (χ0v) is 13.8. The van der Waals surface area contributed by atoms with Crippen molar-refractivity contribution in [2.75, 3.05) is 13.7 Å². The summed E-state index contributed by atoms with van der Waals surface area (Å²) < 4.78 is 72.8. The molecule has 0 saturated heterocycles. The van der Waals surface area contributed by atoms with Crippen LogP contribution in [0.4, 0.5) is 22.0 Å². The minimum atomic E-state index is -4.65. The molecule has 0 fully saturated rings. The molecule has 4 rings (SSSR count). The number of amidine groups is 1. The van der Waals surface area contributed by atoms with Crippen LogP contribution in [0.1, 0.15) is 24.0 Å². The van der Waals surface area contributed by atoms with Gasteiger partial charge in [0.2, 0.25) is 0 Å². The maximum atomic E-state index is 14.6. The molecule has 1 aromatic carbocycles. The Balaban J connectivity index is 1.80. The first kappa shape index (κ1) is 17.1. The van der Waals surface area contributed by atoms with Crippen LogP contribution in [0.25, 0.3) is 0 Å². The molecule has 0 unspecified atom stereocenters. The molecular weight excluding hydrogens is 355 g/mol. The summed E-state index contributed by atoms with van der Waals surface area (Å²) in [5, 5.41) is 0. The first-order valence-corrected chi connectivity index (χ1v) is 8.14. The van der Waals surface area contributed by atoms with Crippen LogP contribution < -0.4 is 4.74 Å². The molecular formula is C18H15F5N2O. The van der Waals surface area contributed by atoms with Gasteiger partial charge in [-0.05, 0) is 42.5 Å². The van der Waals surface area contributed by atoms with Crippen molar-refractivity contribution in [2.24, 2.45) is 4.99 Å². The molecule has 1 atom stereocenters. The second-order valence-electron chi connectivity index (χ2n) is 6.63. The standard InChI is InChI=1S/C18H15F5N2O/c1-26-14-5-4-12-11(15(14)20)3-2-6-17(12)9-25-8-10(18(21,22)23)7-13(19)16(25)24-17/h4-5,7-8H,2-3,6,9H2,1H3/t17-/m1/s1. The molecule has 0 bridgehead atoms. The van der Waals surface area contributed by atoms with Gasteiger partial charge in [-0.2, -0.15) is 13.2 Å². The molecule has 8 heteroatoms. The summed E-state index contributed by atoms with van der Waals surface area (Å²) in [6.45, 7) is 0.0436. The number of benzene rings is 1. The first-order valence-electron chi connectivity index (χ1n) is 8.14. The van der Waals surface area contributed by atoms with Gasteiger partial charge in [0, 0.05) is 6.20 Å². The van der Waals surface area contributed by atoms with Crippen LogP contribution in [0.3, 0.4) is 0 Å². The Hall–Kier alpha value is -2.38. The summed E-state index contributed by atoms with van der Waals surface area (Å²) >= 11 is 0. The molecule has 26 heavy (non-hydrogen) atoms. The Kier molecular flexibility index (Phi) is 3.65. The molecule has 138 valence electrons. The Morgan fingerprint density at radius 3 is 2.69 bits per heavy atom. The summed E-state index contributed by atoms with van der Waals surface area (Å²) in [7, 11) is 1.36. The molecule has 3 nitrogen and oxygen atoms in total. The average molecular weight is 370 g/mol. The summed E-state index contributed by atoms with van der Waals surface area (Å²) in [4.78, 5) is 5.59. The van der Waals surface area contributed by atoms with Crippen molar-refractivity contribution in [3.05, 3.63) is 52.8 Å². The van der Waals surface area contributed by atoms with Crippen molar-refractivity contribution in [3.8, 4) is 5.75 Å². The van der Waals surface area contributed by atoms with Gasteiger partial charge in [0.15, 0.2) is 23.2 Å². The number of nitrogens with zero attached hydrogens (tertiary/aromatic N) is 2. The lowest BCUT2D eigenvalue weighted by atomic mass is 9.76. The summed E-state index contributed by atoms with van der Waals surface area (Å²) in [6, 6.07) is 3.15. The van der Waals surface area contributed by atoms with Crippen LogP contribution in [0.15, 0.2) is 40.8 Å². The molecule has 0 aromatic heterocycles. The highest BCUT2D eigenvalue weighted by Gasteiger charge is 2.47. The molecule has 1 spiro atoms. The van der Waals surface area contributed by atoms with Crippen LogP contribution in [0.5, 0.6) is 5.75 Å². The van der Waals surface area contributed by atoms with E-state index in [0.717, 1.165) is 6.20 Å². The lowest BCUT2D eigenvalue weighted by Crippen LogP contribution is -2.36. The quantitative estimate of drug-likeness (QED) is 0.685. The number of halogens is 5. The van der Waals surface area contributed by atoms with E-state index < -0.39 is 28.9 Å². The lowest BCUT2D eigenvalue weighted by molar-refractivity contribution is -0.0893. The van der Waals surface area contributed by atoms with E-state index in [4.69, 9.17) is 4.74 Å². The van der Waals surface area contributed by atoms with Crippen LogP contribution in [0.2, 0.25) is 0 Å². The normalized spacial score (nSPS) is 24.7. The van der Waals surface area contributed by atoms with Gasteiger partial charge in [0.05, 0.1) is 19.2 Å². The molecule has 0 amide bonds. The van der Waals surface area contributed by atoms with E-state index in [1.807, 2.05) is 0 Å². The van der Waals surface area contributed by atoms with Gasteiger partial charge in [-0.3, -0.25) is 4.99 Å². The summed E-state index contributed by atoms with van der Waals surface area (Å²) in [5.41, 5.74) is -1.01. The Morgan fingerprint density at radius 1 is 1.23 bits per heavy atom. The van der Waals surface area contributed by atoms with Crippen molar-refractivity contribution >= 4 is 5.84 Å². The third-order valence-electron chi connectivity index (χ3n) is 5.09. The highest BCUT2D eigenvalue weighted by atomic mass is 19.4. The number of ether oxygens (including phenoxy) is 1. The van der Waals surface area contributed by atoms with E-state index in [2.05, 4.69) is 4.99 Å². The number of aliphatic imine (C=N–C) groups is 1. The molecule has 2 heterocycles. The topological polar surface area (TPSA) is 24.8 Å². The highest BCUT2D eigenvalue weighted by molar-refractivity contribution is 6.00. The van der Waals surface area contributed by atoms with Gasteiger partial charge in [-0.25, -0.2) is 8.78 Å². The first-order chi connectivity index (χ1) is 12.2. The van der Waals surface area contributed by atoms with Crippen LogP contribution in [-0.4, -0.2) is 30.6 Å². The van der Waals surface area contributed by atoms with E-state index in [-0.39, 0.29) is 18.1 Å². The SMILES string of the molecule is COc1ccc2c(c1F)CCC[C@@]21CN2C=C(C(F)(F)F)C=C(F)C2=N1. The maximum absolute atomic E-state index is 14.6. The molecule has 0 N–H and O–H groups in total. The molecule has 1 aliphatic carbocycles. The highest BCUT2D eigenvalue weighted by Crippen LogP contribution is 2.46. The maximum Gasteiger partial charge on any atom is 0.417 e. The molecule has 0 radical (unpaired) electrons. The zero-order valence-electron chi connectivity index (χ0n) is 13.8. The smallest absolute Gasteiger partial charge is 0.417 e. The van der Waals surface area contributed by atoms with Crippen molar-refractivity contribution in [2.45, 2.75) is 31.0 Å². The Bertz CT molecular complexity index is 871. The van der Waals surface area contributed by atoms with Gasteiger partial charge < -0.3 is 9.64 Å². The predicted molar refractivity (Wildman–Crippen MR) is 85.0 cm³/mol.